The topological polar surface area (TPSA) is 136 Å². The van der Waals surface area contributed by atoms with Gasteiger partial charge < -0.3 is 15.3 Å². The van der Waals surface area contributed by atoms with E-state index in [1.165, 1.54) is 0 Å². The molecular weight excluding hydrogens is 450 g/mol. The zero-order valence-electron chi connectivity index (χ0n) is 19.5. The second-order valence-electron chi connectivity index (χ2n) is 8.65. The first-order valence-corrected chi connectivity index (χ1v) is 11.8. The number of nitrogens with zero attached hydrogens (tertiary/aromatic N) is 1. The minimum Gasteiger partial charge on any atom is -0.479 e. The molecule has 4 N–H and O–H groups in total. The van der Waals surface area contributed by atoms with E-state index in [0.717, 1.165) is 30.4 Å². The summed E-state index contributed by atoms with van der Waals surface area (Å²) < 4.78 is 0. The van der Waals surface area contributed by atoms with Gasteiger partial charge in [0.1, 0.15) is 0 Å². The fourth-order valence-corrected chi connectivity index (χ4v) is 4.19. The Morgan fingerprint density at radius 1 is 0.914 bits per heavy atom. The van der Waals surface area contributed by atoms with Crippen LogP contribution in [-0.2, 0) is 27.3 Å². The summed E-state index contributed by atoms with van der Waals surface area (Å²) in [6, 6.07) is 12.7. The number of hydroxylamine groups is 1. The van der Waals surface area contributed by atoms with Crippen LogP contribution in [0.2, 0.25) is 0 Å². The van der Waals surface area contributed by atoms with Crippen molar-refractivity contribution in [2.75, 3.05) is 6.54 Å². The number of nitrogens with one attached hydrogen (secondary N) is 2. The highest BCUT2D eigenvalue weighted by molar-refractivity contribution is 5.97. The van der Waals surface area contributed by atoms with Crippen molar-refractivity contribution in [2.24, 2.45) is 0 Å². The van der Waals surface area contributed by atoms with Gasteiger partial charge in [0.25, 0.3) is 5.91 Å². The third-order valence-corrected chi connectivity index (χ3v) is 6.16. The van der Waals surface area contributed by atoms with E-state index in [9.17, 15) is 24.3 Å². The van der Waals surface area contributed by atoms with Gasteiger partial charge in [-0.3, -0.25) is 19.6 Å². The van der Waals surface area contributed by atoms with Crippen molar-refractivity contribution in [3.63, 3.8) is 0 Å². The Balaban J connectivity index is 1.55. The molecule has 0 bridgehead atoms. The number of aliphatic carboxylic acids is 1. The molecule has 2 aromatic rings. The van der Waals surface area contributed by atoms with E-state index in [0.29, 0.717) is 43.5 Å². The maximum absolute atomic E-state index is 12.8. The van der Waals surface area contributed by atoms with Gasteiger partial charge in [0.05, 0.1) is 0 Å². The van der Waals surface area contributed by atoms with Crippen molar-refractivity contribution in [1.82, 2.24) is 15.7 Å². The highest BCUT2D eigenvalue weighted by Gasteiger charge is 2.25. The van der Waals surface area contributed by atoms with E-state index in [1.54, 1.807) is 52.8 Å². The average molecular weight is 482 g/mol. The number of fused-ring (bicyclic) bond motifs is 1. The Kier molecular flexibility index (Phi) is 9.37. The van der Waals surface area contributed by atoms with Crippen molar-refractivity contribution in [1.29, 1.82) is 0 Å². The van der Waals surface area contributed by atoms with E-state index < -0.39 is 23.8 Å². The molecule has 2 aromatic carbocycles. The third-order valence-electron chi connectivity index (χ3n) is 6.16. The number of carbonyl (C=O) groups excluding carboxylic acids is 3. The van der Waals surface area contributed by atoms with Crippen LogP contribution in [0.5, 0.6) is 0 Å². The van der Waals surface area contributed by atoms with Crippen LogP contribution in [0.4, 0.5) is 0 Å². The number of rotatable bonds is 11. The van der Waals surface area contributed by atoms with Gasteiger partial charge in [-0.15, -0.1) is 0 Å². The maximum atomic E-state index is 12.8. The first-order valence-electron chi connectivity index (χ1n) is 11.8. The molecule has 3 amide bonds. The van der Waals surface area contributed by atoms with Crippen LogP contribution in [0.25, 0.3) is 0 Å². The Hall–Kier alpha value is -3.72. The van der Waals surface area contributed by atoms with E-state index in [4.69, 9.17) is 5.21 Å². The molecule has 1 heterocycles. The van der Waals surface area contributed by atoms with Crippen molar-refractivity contribution >= 4 is 23.7 Å². The summed E-state index contributed by atoms with van der Waals surface area (Å²) in [7, 11) is 0. The summed E-state index contributed by atoms with van der Waals surface area (Å²) in [5.41, 5.74) is 4.41. The molecule has 0 spiro atoms. The predicted octanol–water partition coefficient (Wildman–Crippen LogP) is 2.97. The minimum absolute atomic E-state index is 0.0497. The molecule has 9 nitrogen and oxygen atoms in total. The monoisotopic (exact) mass is 481 g/mol. The first kappa shape index (κ1) is 25.9. The summed E-state index contributed by atoms with van der Waals surface area (Å²) in [5, 5.41) is 20.6. The normalized spacial score (nSPS) is 13.5. The molecule has 0 radical (unpaired) electrons. The molecule has 0 aromatic heterocycles. The van der Waals surface area contributed by atoms with Gasteiger partial charge >= 0.3 is 5.97 Å². The van der Waals surface area contributed by atoms with Crippen LogP contribution in [0.3, 0.4) is 0 Å². The maximum Gasteiger partial charge on any atom is 0.330 e. The smallest absolute Gasteiger partial charge is 0.330 e. The lowest BCUT2D eigenvalue weighted by molar-refractivity contribution is -0.139. The SMILES string of the molecule is O=C(CCCCCCC(=O)N1CCc2ccc(C(=O)NC(C(=O)O)c3ccccc3)cc2C1)NO. The number of benzene rings is 2. The summed E-state index contributed by atoms with van der Waals surface area (Å²) >= 11 is 0. The lowest BCUT2D eigenvalue weighted by Crippen LogP contribution is -2.36. The number of amides is 3. The van der Waals surface area contributed by atoms with E-state index in [2.05, 4.69) is 5.32 Å². The molecule has 1 aliphatic heterocycles. The molecule has 35 heavy (non-hydrogen) atoms. The third kappa shape index (κ3) is 7.38. The number of carboxylic acids is 1. The van der Waals surface area contributed by atoms with Crippen molar-refractivity contribution in [3.8, 4) is 0 Å². The largest absolute Gasteiger partial charge is 0.479 e. The van der Waals surface area contributed by atoms with E-state index in [1.807, 2.05) is 6.07 Å². The number of hydrogen-bond donors (Lipinski definition) is 4. The fourth-order valence-electron chi connectivity index (χ4n) is 4.19. The Morgan fingerprint density at radius 3 is 2.31 bits per heavy atom. The second kappa shape index (κ2) is 12.7. The van der Waals surface area contributed by atoms with Crippen LogP contribution in [0, 0.1) is 0 Å². The van der Waals surface area contributed by atoms with Crippen LogP contribution in [0.1, 0.15) is 71.6 Å². The zero-order chi connectivity index (χ0) is 25.2. The Morgan fingerprint density at radius 2 is 1.63 bits per heavy atom. The van der Waals surface area contributed by atoms with Crippen LogP contribution < -0.4 is 10.8 Å². The summed E-state index contributed by atoms with van der Waals surface area (Å²) in [5.74, 6) is -1.98. The van der Waals surface area contributed by atoms with Gasteiger partial charge in [0.15, 0.2) is 6.04 Å². The number of carbonyl (C=O) groups is 4. The second-order valence-corrected chi connectivity index (χ2v) is 8.65. The molecule has 0 fully saturated rings. The van der Waals surface area contributed by atoms with Gasteiger partial charge in [0, 0.05) is 31.5 Å². The van der Waals surface area contributed by atoms with Gasteiger partial charge in [-0.05, 0) is 48.1 Å². The van der Waals surface area contributed by atoms with Gasteiger partial charge in [-0.25, -0.2) is 10.3 Å². The molecule has 1 unspecified atom stereocenters. The molecule has 3 rings (SSSR count). The van der Waals surface area contributed by atoms with Gasteiger partial charge in [-0.1, -0.05) is 49.2 Å². The van der Waals surface area contributed by atoms with Crippen molar-refractivity contribution in [2.45, 2.75) is 57.5 Å². The number of carboxylic acid groups (broad SMARTS) is 1. The lowest BCUT2D eigenvalue weighted by Gasteiger charge is -2.29. The molecule has 186 valence electrons. The minimum atomic E-state index is -1.16. The molecule has 1 atom stereocenters. The van der Waals surface area contributed by atoms with Crippen molar-refractivity contribution < 1.29 is 29.5 Å². The number of hydrogen-bond acceptors (Lipinski definition) is 5. The summed E-state index contributed by atoms with van der Waals surface area (Å²) in [6.45, 7) is 1.02. The van der Waals surface area contributed by atoms with Gasteiger partial charge in [0.2, 0.25) is 11.8 Å². The lowest BCUT2D eigenvalue weighted by atomic mass is 9.96. The standard InChI is InChI=1S/C26H31N3O6/c30-22(28-35)10-6-1-2-7-11-23(31)29-15-14-18-12-13-20(16-21(18)17-29)25(32)27-24(26(33)34)19-8-4-3-5-9-19/h3-5,8-9,12-13,16,24,35H,1-2,6-7,10-11,14-15,17H2,(H,27,32)(H,28,30)(H,33,34). The number of unbranched alkanes of at least 4 members (excludes halogenated alkanes) is 3. The van der Waals surface area contributed by atoms with E-state index >= 15 is 0 Å². The molecule has 0 saturated heterocycles. The molecule has 0 aliphatic carbocycles. The average Bonchev–Trinajstić information content (AvgIpc) is 2.88. The van der Waals surface area contributed by atoms with Gasteiger partial charge in [-0.2, -0.15) is 0 Å². The van der Waals surface area contributed by atoms with E-state index in [-0.39, 0.29) is 12.3 Å². The molecule has 9 heteroatoms. The van der Waals surface area contributed by atoms with Crippen molar-refractivity contribution in [3.05, 3.63) is 70.8 Å². The quantitative estimate of drug-likeness (QED) is 0.221. The Bertz CT molecular complexity index is 1060. The first-order chi connectivity index (χ1) is 16.9. The Labute approximate surface area is 204 Å². The highest BCUT2D eigenvalue weighted by atomic mass is 16.5. The van der Waals surface area contributed by atoms with Crippen LogP contribution in [-0.4, -0.2) is 45.4 Å². The molecular formula is C26H31N3O6. The van der Waals surface area contributed by atoms with Crippen LogP contribution in [0.15, 0.2) is 48.5 Å². The molecule has 0 saturated carbocycles. The summed E-state index contributed by atoms with van der Waals surface area (Å²) in [4.78, 5) is 50.0. The zero-order valence-corrected chi connectivity index (χ0v) is 19.5. The molecule has 1 aliphatic rings. The predicted molar refractivity (Wildman–Crippen MR) is 127 cm³/mol. The highest BCUT2D eigenvalue weighted by Crippen LogP contribution is 2.22. The van der Waals surface area contributed by atoms with Crippen LogP contribution >= 0.6 is 0 Å². The summed E-state index contributed by atoms with van der Waals surface area (Å²) in [6.07, 6.45) is 4.40. The fraction of sp³-hybridized carbons (Fsp3) is 0.385.